The lowest BCUT2D eigenvalue weighted by Gasteiger charge is -2.39. The second-order valence-electron chi connectivity index (χ2n) is 5.13. The molecule has 1 aliphatic rings. The average Bonchev–Trinajstić information content (AvgIpc) is 2.37. The van der Waals surface area contributed by atoms with Crippen LogP contribution in [0.2, 0.25) is 0 Å². The highest BCUT2D eigenvalue weighted by atomic mass is 16.2. The Labute approximate surface area is 115 Å². The second kappa shape index (κ2) is 7.12. The van der Waals surface area contributed by atoms with E-state index in [0.717, 1.165) is 19.3 Å². The predicted molar refractivity (Wildman–Crippen MR) is 76.6 cm³/mol. The van der Waals surface area contributed by atoms with Crippen LogP contribution in [0.1, 0.15) is 33.1 Å². The van der Waals surface area contributed by atoms with Crippen LogP contribution in [0, 0.1) is 0 Å². The minimum absolute atomic E-state index is 0.134. The standard InChI is InChI=1S/C15H24N2O2/c1-5-10-16(11-6-2)14(18)15(19)17-12(3)8-7-9-13(17)4/h5-6,12-13H,1-2,7-11H2,3-4H3. The molecule has 0 N–H and O–H groups in total. The highest BCUT2D eigenvalue weighted by molar-refractivity contribution is 6.35. The summed E-state index contributed by atoms with van der Waals surface area (Å²) in [5.41, 5.74) is 0. The molecule has 1 heterocycles. The molecule has 1 rings (SSSR count). The second-order valence-corrected chi connectivity index (χ2v) is 5.13. The molecule has 0 radical (unpaired) electrons. The Morgan fingerprint density at radius 3 is 2.05 bits per heavy atom. The molecule has 1 fully saturated rings. The van der Waals surface area contributed by atoms with E-state index >= 15 is 0 Å². The molecular formula is C15H24N2O2. The molecule has 0 aliphatic carbocycles. The molecule has 2 unspecified atom stereocenters. The summed E-state index contributed by atoms with van der Waals surface area (Å²) in [6.45, 7) is 12.0. The largest absolute Gasteiger partial charge is 0.329 e. The fourth-order valence-corrected chi connectivity index (χ4v) is 2.62. The Kier molecular flexibility index (Phi) is 5.80. The fourth-order valence-electron chi connectivity index (χ4n) is 2.62. The normalized spacial score (nSPS) is 22.7. The van der Waals surface area contributed by atoms with E-state index in [1.54, 1.807) is 17.1 Å². The Balaban J connectivity index is 2.81. The van der Waals surface area contributed by atoms with Crippen LogP contribution in [0.4, 0.5) is 0 Å². The summed E-state index contributed by atoms with van der Waals surface area (Å²) in [5, 5.41) is 0. The van der Waals surface area contributed by atoms with Gasteiger partial charge in [-0.15, -0.1) is 13.2 Å². The van der Waals surface area contributed by atoms with E-state index in [1.807, 2.05) is 13.8 Å². The Morgan fingerprint density at radius 2 is 1.63 bits per heavy atom. The molecule has 1 aliphatic heterocycles. The Morgan fingerprint density at radius 1 is 1.16 bits per heavy atom. The predicted octanol–water partition coefficient (Wildman–Crippen LogP) is 1.98. The van der Waals surface area contributed by atoms with E-state index in [4.69, 9.17) is 0 Å². The SMILES string of the molecule is C=CCN(CC=C)C(=O)C(=O)N1C(C)CCCC1C. The molecule has 0 bridgehead atoms. The van der Waals surface area contributed by atoms with Gasteiger partial charge in [-0.3, -0.25) is 9.59 Å². The number of likely N-dealkylation sites (tertiary alicyclic amines) is 1. The number of carbonyl (C=O) groups excluding carboxylic acids is 2. The molecular weight excluding hydrogens is 240 g/mol. The summed E-state index contributed by atoms with van der Waals surface area (Å²) in [6, 6.07) is 0.268. The van der Waals surface area contributed by atoms with Gasteiger partial charge in [-0.2, -0.15) is 0 Å². The van der Waals surface area contributed by atoms with E-state index in [1.165, 1.54) is 4.90 Å². The zero-order valence-electron chi connectivity index (χ0n) is 12.0. The van der Waals surface area contributed by atoms with Crippen LogP contribution in [0.5, 0.6) is 0 Å². The summed E-state index contributed by atoms with van der Waals surface area (Å²) in [5.74, 6) is -0.858. The monoisotopic (exact) mass is 264 g/mol. The van der Waals surface area contributed by atoms with Gasteiger partial charge in [0.05, 0.1) is 0 Å². The van der Waals surface area contributed by atoms with E-state index in [2.05, 4.69) is 13.2 Å². The third kappa shape index (κ3) is 3.69. The summed E-state index contributed by atoms with van der Waals surface area (Å²) in [6.07, 6.45) is 6.29. The van der Waals surface area contributed by atoms with Gasteiger partial charge in [-0.05, 0) is 33.1 Å². The van der Waals surface area contributed by atoms with Gasteiger partial charge in [0.2, 0.25) is 0 Å². The third-order valence-corrected chi connectivity index (χ3v) is 3.60. The molecule has 0 aromatic heterocycles. The highest BCUT2D eigenvalue weighted by Crippen LogP contribution is 2.22. The van der Waals surface area contributed by atoms with Gasteiger partial charge >= 0.3 is 11.8 Å². The number of nitrogens with zero attached hydrogens (tertiary/aromatic N) is 2. The fraction of sp³-hybridized carbons (Fsp3) is 0.600. The smallest absolute Gasteiger partial charge is 0.312 e. The maximum Gasteiger partial charge on any atom is 0.312 e. The molecule has 0 spiro atoms. The molecule has 19 heavy (non-hydrogen) atoms. The van der Waals surface area contributed by atoms with Gasteiger partial charge in [-0.1, -0.05) is 12.2 Å². The summed E-state index contributed by atoms with van der Waals surface area (Å²) in [4.78, 5) is 27.8. The zero-order chi connectivity index (χ0) is 14.4. The zero-order valence-corrected chi connectivity index (χ0v) is 12.0. The first-order chi connectivity index (χ1) is 9.02. The maximum atomic E-state index is 12.4. The van der Waals surface area contributed by atoms with Crippen LogP contribution in [0.3, 0.4) is 0 Å². The van der Waals surface area contributed by atoms with E-state index in [0.29, 0.717) is 13.1 Å². The molecule has 4 heteroatoms. The van der Waals surface area contributed by atoms with E-state index < -0.39 is 11.8 Å². The lowest BCUT2D eigenvalue weighted by Crippen LogP contribution is -2.53. The number of piperidine rings is 1. The van der Waals surface area contributed by atoms with Crippen molar-refractivity contribution < 1.29 is 9.59 Å². The van der Waals surface area contributed by atoms with Crippen molar-refractivity contribution in [3.8, 4) is 0 Å². The summed E-state index contributed by atoms with van der Waals surface area (Å²) < 4.78 is 0. The van der Waals surface area contributed by atoms with Gasteiger partial charge in [0.15, 0.2) is 0 Å². The number of hydrogen-bond donors (Lipinski definition) is 0. The average molecular weight is 264 g/mol. The van der Waals surface area contributed by atoms with Gasteiger partial charge < -0.3 is 9.80 Å². The van der Waals surface area contributed by atoms with Crippen LogP contribution in [0.15, 0.2) is 25.3 Å². The molecule has 4 nitrogen and oxygen atoms in total. The Hall–Kier alpha value is -1.58. The topological polar surface area (TPSA) is 40.6 Å². The van der Waals surface area contributed by atoms with Gasteiger partial charge in [0, 0.05) is 25.2 Å². The number of carbonyl (C=O) groups is 2. The van der Waals surface area contributed by atoms with Crippen molar-refractivity contribution in [2.24, 2.45) is 0 Å². The third-order valence-electron chi connectivity index (χ3n) is 3.60. The van der Waals surface area contributed by atoms with Crippen molar-refractivity contribution >= 4 is 11.8 Å². The lowest BCUT2D eigenvalue weighted by atomic mass is 9.97. The number of rotatable bonds is 4. The molecule has 0 aromatic rings. The number of hydrogen-bond acceptors (Lipinski definition) is 2. The first-order valence-electron chi connectivity index (χ1n) is 6.86. The maximum absolute atomic E-state index is 12.4. The molecule has 0 saturated carbocycles. The van der Waals surface area contributed by atoms with Gasteiger partial charge in [0.25, 0.3) is 0 Å². The first kappa shape index (κ1) is 15.5. The molecule has 0 aromatic carbocycles. The van der Waals surface area contributed by atoms with Crippen LogP contribution >= 0.6 is 0 Å². The quantitative estimate of drug-likeness (QED) is 0.575. The van der Waals surface area contributed by atoms with Gasteiger partial charge in [0.1, 0.15) is 0 Å². The van der Waals surface area contributed by atoms with Crippen molar-refractivity contribution in [1.82, 2.24) is 9.80 Å². The van der Waals surface area contributed by atoms with Crippen LogP contribution in [-0.2, 0) is 9.59 Å². The van der Waals surface area contributed by atoms with Crippen molar-refractivity contribution in [2.75, 3.05) is 13.1 Å². The van der Waals surface area contributed by atoms with E-state index in [-0.39, 0.29) is 12.1 Å². The van der Waals surface area contributed by atoms with Crippen LogP contribution in [0.25, 0.3) is 0 Å². The Bertz CT molecular complexity index is 345. The highest BCUT2D eigenvalue weighted by Gasteiger charge is 2.34. The van der Waals surface area contributed by atoms with Gasteiger partial charge in [-0.25, -0.2) is 0 Å². The molecule has 106 valence electrons. The molecule has 1 saturated heterocycles. The number of amides is 2. The summed E-state index contributed by atoms with van der Waals surface area (Å²) >= 11 is 0. The van der Waals surface area contributed by atoms with Crippen molar-refractivity contribution in [3.63, 3.8) is 0 Å². The van der Waals surface area contributed by atoms with Crippen molar-refractivity contribution in [2.45, 2.75) is 45.2 Å². The van der Waals surface area contributed by atoms with Crippen LogP contribution < -0.4 is 0 Å². The van der Waals surface area contributed by atoms with Crippen LogP contribution in [-0.4, -0.2) is 46.8 Å². The minimum atomic E-state index is -0.458. The van der Waals surface area contributed by atoms with E-state index in [9.17, 15) is 9.59 Å². The minimum Gasteiger partial charge on any atom is -0.329 e. The van der Waals surface area contributed by atoms with Crippen molar-refractivity contribution in [3.05, 3.63) is 25.3 Å². The van der Waals surface area contributed by atoms with Crippen molar-refractivity contribution in [1.29, 1.82) is 0 Å². The first-order valence-corrected chi connectivity index (χ1v) is 6.86. The lowest BCUT2D eigenvalue weighted by molar-refractivity contribution is -0.155. The summed E-state index contributed by atoms with van der Waals surface area (Å²) in [7, 11) is 0. The molecule has 2 amide bonds. The molecule has 2 atom stereocenters.